The second kappa shape index (κ2) is 7.94. The van der Waals surface area contributed by atoms with Gasteiger partial charge in [0, 0.05) is 6.54 Å². The lowest BCUT2D eigenvalue weighted by Gasteiger charge is -2.12. The molecule has 1 N–H and O–H groups in total. The van der Waals surface area contributed by atoms with E-state index in [-0.39, 0.29) is 5.82 Å². The van der Waals surface area contributed by atoms with Crippen molar-refractivity contribution < 1.29 is 4.39 Å². The van der Waals surface area contributed by atoms with Crippen molar-refractivity contribution in [2.75, 3.05) is 6.54 Å². The fourth-order valence-corrected chi connectivity index (χ4v) is 2.57. The standard InChI is InChI=1S/C19H24FN/c1-3-6-15-7-5-8-16(12-15)19-10-9-18(20)13-17(19)14-21-11-4-2/h5,7-10,12-13,21H,3-4,6,11,14H2,1-2H3. The zero-order chi connectivity index (χ0) is 15.1. The minimum absolute atomic E-state index is 0.170. The molecule has 2 aromatic carbocycles. The van der Waals surface area contributed by atoms with E-state index in [0.717, 1.165) is 36.9 Å². The van der Waals surface area contributed by atoms with Crippen molar-refractivity contribution in [2.24, 2.45) is 0 Å². The van der Waals surface area contributed by atoms with E-state index in [1.54, 1.807) is 12.1 Å². The second-order valence-corrected chi connectivity index (χ2v) is 5.43. The second-order valence-electron chi connectivity index (χ2n) is 5.43. The van der Waals surface area contributed by atoms with Gasteiger partial charge in [0.15, 0.2) is 0 Å². The van der Waals surface area contributed by atoms with Gasteiger partial charge in [-0.2, -0.15) is 0 Å². The molecule has 0 bridgehead atoms. The van der Waals surface area contributed by atoms with Gasteiger partial charge in [-0.1, -0.05) is 50.6 Å². The summed E-state index contributed by atoms with van der Waals surface area (Å²) in [5.74, 6) is -0.170. The van der Waals surface area contributed by atoms with Gasteiger partial charge in [-0.05, 0) is 53.8 Å². The van der Waals surface area contributed by atoms with E-state index in [0.29, 0.717) is 6.54 Å². The number of rotatable bonds is 7. The van der Waals surface area contributed by atoms with Crippen molar-refractivity contribution in [3.63, 3.8) is 0 Å². The lowest BCUT2D eigenvalue weighted by molar-refractivity contribution is 0.619. The molecule has 0 radical (unpaired) electrons. The molecule has 0 spiro atoms. The van der Waals surface area contributed by atoms with Gasteiger partial charge in [0.25, 0.3) is 0 Å². The summed E-state index contributed by atoms with van der Waals surface area (Å²) in [6.45, 7) is 5.98. The van der Waals surface area contributed by atoms with Crippen LogP contribution in [0.1, 0.15) is 37.8 Å². The highest BCUT2D eigenvalue weighted by Crippen LogP contribution is 2.26. The summed E-state index contributed by atoms with van der Waals surface area (Å²) in [7, 11) is 0. The van der Waals surface area contributed by atoms with Gasteiger partial charge in [0.1, 0.15) is 5.82 Å². The first-order valence-corrected chi connectivity index (χ1v) is 7.83. The van der Waals surface area contributed by atoms with E-state index < -0.39 is 0 Å². The fraction of sp³-hybridized carbons (Fsp3) is 0.368. The van der Waals surface area contributed by atoms with Crippen molar-refractivity contribution in [1.82, 2.24) is 5.32 Å². The third-order valence-electron chi connectivity index (χ3n) is 3.59. The molecule has 2 aromatic rings. The maximum absolute atomic E-state index is 13.5. The fourth-order valence-electron chi connectivity index (χ4n) is 2.57. The van der Waals surface area contributed by atoms with Crippen LogP contribution in [0.15, 0.2) is 42.5 Å². The van der Waals surface area contributed by atoms with Crippen LogP contribution in [0.3, 0.4) is 0 Å². The smallest absolute Gasteiger partial charge is 0.123 e. The number of nitrogens with one attached hydrogen (secondary N) is 1. The van der Waals surface area contributed by atoms with Crippen LogP contribution >= 0.6 is 0 Å². The van der Waals surface area contributed by atoms with E-state index in [9.17, 15) is 4.39 Å². The van der Waals surface area contributed by atoms with Gasteiger partial charge in [-0.25, -0.2) is 4.39 Å². The maximum atomic E-state index is 13.5. The molecule has 0 fully saturated rings. The molecule has 0 unspecified atom stereocenters. The van der Waals surface area contributed by atoms with Gasteiger partial charge in [-0.3, -0.25) is 0 Å². The molecule has 0 aromatic heterocycles. The average molecular weight is 285 g/mol. The molecule has 0 saturated carbocycles. The molecule has 0 aliphatic heterocycles. The Morgan fingerprint density at radius 2 is 1.86 bits per heavy atom. The van der Waals surface area contributed by atoms with Gasteiger partial charge in [0.05, 0.1) is 0 Å². The van der Waals surface area contributed by atoms with Gasteiger partial charge >= 0.3 is 0 Å². The van der Waals surface area contributed by atoms with Crippen LogP contribution in [-0.4, -0.2) is 6.54 Å². The first kappa shape index (κ1) is 15.7. The van der Waals surface area contributed by atoms with Crippen molar-refractivity contribution in [3.05, 3.63) is 59.4 Å². The molecule has 1 nitrogen and oxygen atoms in total. The number of aryl methyl sites for hydroxylation is 1. The largest absolute Gasteiger partial charge is 0.313 e. The molecule has 0 atom stereocenters. The lowest BCUT2D eigenvalue weighted by atomic mass is 9.97. The predicted octanol–water partition coefficient (Wildman–Crippen LogP) is 4.94. The molecule has 21 heavy (non-hydrogen) atoms. The van der Waals surface area contributed by atoms with Crippen molar-refractivity contribution in [2.45, 2.75) is 39.7 Å². The summed E-state index contributed by atoms with van der Waals surface area (Å²) < 4.78 is 13.5. The Kier molecular flexibility index (Phi) is 5.94. The lowest BCUT2D eigenvalue weighted by Crippen LogP contribution is -2.14. The van der Waals surface area contributed by atoms with Crippen LogP contribution < -0.4 is 5.32 Å². The molecule has 0 saturated heterocycles. The Balaban J connectivity index is 2.31. The normalized spacial score (nSPS) is 10.8. The summed E-state index contributed by atoms with van der Waals surface area (Å²) in [4.78, 5) is 0. The zero-order valence-corrected chi connectivity index (χ0v) is 13.0. The summed E-state index contributed by atoms with van der Waals surface area (Å²) in [5.41, 5.74) is 4.66. The molecular weight excluding hydrogens is 261 g/mol. The first-order valence-electron chi connectivity index (χ1n) is 7.83. The van der Waals surface area contributed by atoms with Crippen molar-refractivity contribution in [1.29, 1.82) is 0 Å². The SMILES string of the molecule is CCCNCc1cc(F)ccc1-c1cccc(CCC)c1. The minimum atomic E-state index is -0.170. The molecule has 0 aliphatic carbocycles. The van der Waals surface area contributed by atoms with E-state index in [2.05, 4.69) is 43.4 Å². The van der Waals surface area contributed by atoms with Gasteiger partial charge in [-0.15, -0.1) is 0 Å². The van der Waals surface area contributed by atoms with Crippen molar-refractivity contribution in [3.8, 4) is 11.1 Å². The van der Waals surface area contributed by atoms with Crippen molar-refractivity contribution >= 4 is 0 Å². The number of halogens is 1. The molecule has 0 aliphatic rings. The Labute approximate surface area is 127 Å². The highest BCUT2D eigenvalue weighted by atomic mass is 19.1. The quantitative estimate of drug-likeness (QED) is 0.710. The Morgan fingerprint density at radius 1 is 1.00 bits per heavy atom. The van der Waals surface area contributed by atoms with Crippen LogP contribution in [0.25, 0.3) is 11.1 Å². The Hall–Kier alpha value is -1.67. The monoisotopic (exact) mass is 285 g/mol. The van der Waals surface area contributed by atoms with Gasteiger partial charge in [0.2, 0.25) is 0 Å². The average Bonchev–Trinajstić information content (AvgIpc) is 2.48. The molecule has 0 amide bonds. The van der Waals surface area contributed by atoms with Crippen LogP contribution in [0.5, 0.6) is 0 Å². The molecule has 112 valence electrons. The van der Waals surface area contributed by atoms with E-state index in [4.69, 9.17) is 0 Å². The summed E-state index contributed by atoms with van der Waals surface area (Å²) >= 11 is 0. The summed E-state index contributed by atoms with van der Waals surface area (Å²) in [6, 6.07) is 13.7. The molecule has 2 heteroatoms. The van der Waals surface area contributed by atoms with Gasteiger partial charge < -0.3 is 5.32 Å². The highest BCUT2D eigenvalue weighted by Gasteiger charge is 2.07. The highest BCUT2D eigenvalue weighted by molar-refractivity contribution is 5.68. The number of hydrogen-bond donors (Lipinski definition) is 1. The van der Waals surface area contributed by atoms with Crippen LogP contribution in [-0.2, 0) is 13.0 Å². The summed E-state index contributed by atoms with van der Waals surface area (Å²) in [6.07, 6.45) is 3.30. The molecule has 2 rings (SSSR count). The van der Waals surface area contributed by atoms with Crippen LogP contribution in [0.2, 0.25) is 0 Å². The summed E-state index contributed by atoms with van der Waals surface area (Å²) in [5, 5.41) is 3.36. The van der Waals surface area contributed by atoms with Crippen LogP contribution in [0.4, 0.5) is 4.39 Å². The minimum Gasteiger partial charge on any atom is -0.313 e. The molecule has 0 heterocycles. The topological polar surface area (TPSA) is 12.0 Å². The Morgan fingerprint density at radius 3 is 2.62 bits per heavy atom. The number of hydrogen-bond acceptors (Lipinski definition) is 1. The van der Waals surface area contributed by atoms with E-state index in [1.807, 2.05) is 6.07 Å². The third-order valence-corrected chi connectivity index (χ3v) is 3.59. The predicted molar refractivity (Wildman–Crippen MR) is 87.8 cm³/mol. The zero-order valence-electron chi connectivity index (χ0n) is 13.0. The molecular formula is C19H24FN. The third kappa shape index (κ3) is 4.40. The number of benzene rings is 2. The van der Waals surface area contributed by atoms with E-state index >= 15 is 0 Å². The Bertz CT molecular complexity index is 578. The van der Waals surface area contributed by atoms with E-state index in [1.165, 1.54) is 11.1 Å². The van der Waals surface area contributed by atoms with Crippen LogP contribution in [0, 0.1) is 5.82 Å². The first-order chi connectivity index (χ1) is 10.2. The maximum Gasteiger partial charge on any atom is 0.123 e.